The fraction of sp³-hybridized carbons (Fsp3) is 0.182. The number of methoxy groups -OCH3 is 1. The molecule has 0 bridgehead atoms. The Bertz CT molecular complexity index is 797. The predicted octanol–water partition coefficient (Wildman–Crippen LogP) is 3.72. The first-order chi connectivity index (χ1) is 13.3. The Kier molecular flexibility index (Phi) is 6.41. The lowest BCUT2D eigenvalue weighted by Gasteiger charge is -2.19. The van der Waals surface area contributed by atoms with Crippen LogP contribution in [-0.2, 0) is 6.42 Å². The van der Waals surface area contributed by atoms with Gasteiger partial charge in [-0.15, -0.1) is 0 Å². The van der Waals surface area contributed by atoms with Crippen LogP contribution in [0.1, 0.15) is 22.9 Å². The van der Waals surface area contributed by atoms with Crippen LogP contribution in [0, 0.1) is 0 Å². The van der Waals surface area contributed by atoms with E-state index in [1.165, 1.54) is 0 Å². The highest BCUT2D eigenvalue weighted by Crippen LogP contribution is 2.19. The Morgan fingerprint density at radius 1 is 1.00 bits per heavy atom. The summed E-state index contributed by atoms with van der Waals surface area (Å²) in [6, 6.07) is 22.8. The van der Waals surface area contributed by atoms with E-state index in [4.69, 9.17) is 4.74 Å². The van der Waals surface area contributed by atoms with E-state index < -0.39 is 0 Å². The molecule has 138 valence electrons. The Morgan fingerprint density at radius 3 is 2.41 bits per heavy atom. The van der Waals surface area contributed by atoms with Gasteiger partial charge in [-0.3, -0.25) is 4.98 Å². The van der Waals surface area contributed by atoms with Crippen molar-refractivity contribution in [2.45, 2.75) is 12.5 Å². The molecule has 0 aliphatic heterocycles. The predicted molar refractivity (Wildman–Crippen MR) is 106 cm³/mol. The minimum atomic E-state index is -0.298. The fourth-order valence-electron chi connectivity index (χ4n) is 2.81. The standard InChI is InChI=1S/C22H23N3O2/c1-27-19-12-10-17(11-13-19)14-16-24-22(26)25-21(18-7-3-2-4-8-18)20-9-5-6-15-23-20/h2-13,15,21H,14,16H2,1H3,(H2,24,25,26)/t21-/m1/s1. The summed E-state index contributed by atoms with van der Waals surface area (Å²) in [5, 5.41) is 5.94. The zero-order chi connectivity index (χ0) is 18.9. The van der Waals surface area contributed by atoms with Crippen LogP contribution in [0.2, 0.25) is 0 Å². The molecule has 0 saturated heterocycles. The van der Waals surface area contributed by atoms with Crippen LogP contribution in [0.3, 0.4) is 0 Å². The van der Waals surface area contributed by atoms with Crippen LogP contribution in [0.4, 0.5) is 4.79 Å². The van der Waals surface area contributed by atoms with Crippen molar-refractivity contribution in [1.82, 2.24) is 15.6 Å². The van der Waals surface area contributed by atoms with Crippen molar-refractivity contribution in [3.05, 3.63) is 95.8 Å². The highest BCUT2D eigenvalue weighted by atomic mass is 16.5. The lowest BCUT2D eigenvalue weighted by atomic mass is 10.0. The first-order valence-corrected chi connectivity index (χ1v) is 8.89. The molecule has 5 nitrogen and oxygen atoms in total. The Morgan fingerprint density at radius 2 is 1.74 bits per heavy atom. The molecule has 0 unspecified atom stereocenters. The number of hydrogen-bond donors (Lipinski definition) is 2. The molecule has 1 heterocycles. The molecule has 0 aliphatic rings. The molecule has 27 heavy (non-hydrogen) atoms. The van der Waals surface area contributed by atoms with E-state index in [1.807, 2.05) is 72.8 Å². The zero-order valence-corrected chi connectivity index (χ0v) is 15.3. The third-order valence-electron chi connectivity index (χ3n) is 4.25. The van der Waals surface area contributed by atoms with E-state index in [0.717, 1.165) is 29.0 Å². The summed E-state index contributed by atoms with van der Waals surface area (Å²) in [5.41, 5.74) is 2.93. The van der Waals surface area contributed by atoms with Crippen molar-refractivity contribution in [2.75, 3.05) is 13.7 Å². The van der Waals surface area contributed by atoms with E-state index in [0.29, 0.717) is 6.54 Å². The summed E-state index contributed by atoms with van der Waals surface area (Å²) < 4.78 is 5.15. The highest BCUT2D eigenvalue weighted by molar-refractivity contribution is 5.75. The van der Waals surface area contributed by atoms with Crippen LogP contribution in [0.15, 0.2) is 79.0 Å². The quantitative estimate of drug-likeness (QED) is 0.674. The molecule has 2 N–H and O–H groups in total. The number of pyridine rings is 1. The second-order valence-electron chi connectivity index (χ2n) is 6.10. The fourth-order valence-corrected chi connectivity index (χ4v) is 2.81. The van der Waals surface area contributed by atoms with Gasteiger partial charge in [-0.1, -0.05) is 48.5 Å². The zero-order valence-electron chi connectivity index (χ0n) is 15.3. The second kappa shape index (κ2) is 9.38. The van der Waals surface area contributed by atoms with Crippen molar-refractivity contribution >= 4 is 6.03 Å². The second-order valence-corrected chi connectivity index (χ2v) is 6.10. The maximum absolute atomic E-state index is 12.4. The number of nitrogens with zero attached hydrogens (tertiary/aromatic N) is 1. The molecule has 0 aliphatic carbocycles. The SMILES string of the molecule is COc1ccc(CCNC(=O)N[C@H](c2ccccc2)c2ccccn2)cc1. The van der Waals surface area contributed by atoms with Crippen LogP contribution < -0.4 is 15.4 Å². The summed E-state index contributed by atoms with van der Waals surface area (Å²) in [6.45, 7) is 0.544. The maximum Gasteiger partial charge on any atom is 0.315 e. The van der Waals surface area contributed by atoms with Crippen LogP contribution in [-0.4, -0.2) is 24.7 Å². The molecule has 2 amide bonds. The summed E-state index contributed by atoms with van der Waals surface area (Å²) >= 11 is 0. The lowest BCUT2D eigenvalue weighted by Crippen LogP contribution is -2.39. The monoisotopic (exact) mass is 361 g/mol. The van der Waals surface area contributed by atoms with Gasteiger partial charge in [-0.05, 0) is 41.8 Å². The molecule has 0 saturated carbocycles. The van der Waals surface area contributed by atoms with Gasteiger partial charge in [0.1, 0.15) is 5.75 Å². The van der Waals surface area contributed by atoms with Crippen molar-refractivity contribution in [1.29, 1.82) is 0 Å². The van der Waals surface area contributed by atoms with E-state index in [9.17, 15) is 4.79 Å². The van der Waals surface area contributed by atoms with Gasteiger partial charge in [0, 0.05) is 12.7 Å². The number of benzene rings is 2. The highest BCUT2D eigenvalue weighted by Gasteiger charge is 2.17. The van der Waals surface area contributed by atoms with Gasteiger partial charge in [0.25, 0.3) is 0 Å². The van der Waals surface area contributed by atoms with Gasteiger partial charge in [-0.25, -0.2) is 4.79 Å². The Hall–Kier alpha value is -3.34. The number of aromatic nitrogens is 1. The van der Waals surface area contributed by atoms with Crippen molar-refractivity contribution in [3.63, 3.8) is 0 Å². The smallest absolute Gasteiger partial charge is 0.315 e. The molecule has 0 radical (unpaired) electrons. The molecule has 0 spiro atoms. The molecule has 2 aromatic carbocycles. The first kappa shape index (κ1) is 18.5. The number of ether oxygens (including phenoxy) is 1. The summed E-state index contributed by atoms with van der Waals surface area (Å²) in [4.78, 5) is 16.8. The number of nitrogens with one attached hydrogen (secondary N) is 2. The number of urea groups is 1. The lowest BCUT2D eigenvalue weighted by molar-refractivity contribution is 0.238. The number of hydrogen-bond acceptors (Lipinski definition) is 3. The van der Waals surface area contributed by atoms with E-state index in [-0.39, 0.29) is 12.1 Å². The minimum Gasteiger partial charge on any atom is -0.497 e. The molecule has 1 atom stereocenters. The Balaban J connectivity index is 1.59. The number of carbonyl (C=O) groups is 1. The molecular weight excluding hydrogens is 338 g/mol. The molecule has 0 fully saturated rings. The molecular formula is C22H23N3O2. The van der Waals surface area contributed by atoms with Gasteiger partial charge in [0.2, 0.25) is 0 Å². The van der Waals surface area contributed by atoms with Crippen LogP contribution >= 0.6 is 0 Å². The normalized spacial score (nSPS) is 11.4. The van der Waals surface area contributed by atoms with Crippen molar-refractivity contribution in [3.8, 4) is 5.75 Å². The molecule has 3 aromatic rings. The molecule has 1 aromatic heterocycles. The first-order valence-electron chi connectivity index (χ1n) is 8.89. The third-order valence-corrected chi connectivity index (χ3v) is 4.25. The topological polar surface area (TPSA) is 63.2 Å². The number of carbonyl (C=O) groups excluding carboxylic acids is 1. The van der Waals surface area contributed by atoms with Crippen molar-refractivity contribution in [2.24, 2.45) is 0 Å². The van der Waals surface area contributed by atoms with Gasteiger partial charge in [0.15, 0.2) is 0 Å². The molecule has 3 rings (SSSR count). The van der Waals surface area contributed by atoms with Gasteiger partial charge in [-0.2, -0.15) is 0 Å². The molecule has 5 heteroatoms. The van der Waals surface area contributed by atoms with Crippen molar-refractivity contribution < 1.29 is 9.53 Å². The van der Waals surface area contributed by atoms with Gasteiger partial charge >= 0.3 is 6.03 Å². The van der Waals surface area contributed by atoms with Crippen LogP contribution in [0.25, 0.3) is 0 Å². The van der Waals surface area contributed by atoms with Gasteiger partial charge < -0.3 is 15.4 Å². The third kappa shape index (κ3) is 5.31. The van der Waals surface area contributed by atoms with Crippen LogP contribution in [0.5, 0.6) is 5.75 Å². The Labute approximate surface area is 159 Å². The summed E-state index contributed by atoms with van der Waals surface area (Å²) in [7, 11) is 1.64. The van der Waals surface area contributed by atoms with E-state index >= 15 is 0 Å². The number of amides is 2. The average Bonchev–Trinajstić information content (AvgIpc) is 2.74. The maximum atomic E-state index is 12.4. The summed E-state index contributed by atoms with van der Waals surface area (Å²) in [6.07, 6.45) is 2.48. The van der Waals surface area contributed by atoms with E-state index in [2.05, 4.69) is 15.6 Å². The average molecular weight is 361 g/mol. The van der Waals surface area contributed by atoms with Gasteiger partial charge in [0.05, 0.1) is 18.8 Å². The summed E-state index contributed by atoms with van der Waals surface area (Å²) in [5.74, 6) is 0.825. The van der Waals surface area contributed by atoms with E-state index in [1.54, 1.807) is 13.3 Å². The number of rotatable bonds is 7. The largest absolute Gasteiger partial charge is 0.497 e. The minimum absolute atomic E-state index is 0.219.